The first-order valence-electron chi connectivity index (χ1n) is 4.81. The van der Waals surface area contributed by atoms with Crippen LogP contribution in [0.4, 0.5) is 22.0 Å². The number of aromatic hydroxyl groups is 1. The lowest BCUT2D eigenvalue weighted by Crippen LogP contribution is -2.16. The highest BCUT2D eigenvalue weighted by atomic mass is 19.4. The van der Waals surface area contributed by atoms with Crippen LogP contribution in [0.2, 0.25) is 0 Å². The SMILES string of the molecule is COC(=O)Cc1c(O)cnc(C(F)(F)F)c1C(F)F. The van der Waals surface area contributed by atoms with Crippen LogP contribution in [-0.2, 0) is 22.1 Å². The van der Waals surface area contributed by atoms with Crippen LogP contribution in [0, 0.1) is 0 Å². The normalized spacial score (nSPS) is 11.7. The first-order valence-corrected chi connectivity index (χ1v) is 4.81. The molecule has 0 bridgehead atoms. The number of ether oxygens (including phenoxy) is 1. The van der Waals surface area contributed by atoms with E-state index in [2.05, 4.69) is 9.72 Å². The van der Waals surface area contributed by atoms with E-state index in [1.165, 1.54) is 0 Å². The molecular formula is C10H8F5NO3. The molecule has 0 aliphatic heterocycles. The molecule has 106 valence electrons. The van der Waals surface area contributed by atoms with E-state index in [0.717, 1.165) is 7.11 Å². The summed E-state index contributed by atoms with van der Waals surface area (Å²) in [7, 11) is 0.938. The van der Waals surface area contributed by atoms with Crippen LogP contribution in [-0.4, -0.2) is 23.2 Å². The maximum absolute atomic E-state index is 12.7. The number of hydrogen-bond acceptors (Lipinski definition) is 4. The van der Waals surface area contributed by atoms with Gasteiger partial charge in [-0.1, -0.05) is 0 Å². The third-order valence-electron chi connectivity index (χ3n) is 2.24. The van der Waals surface area contributed by atoms with Crippen LogP contribution >= 0.6 is 0 Å². The van der Waals surface area contributed by atoms with Crippen molar-refractivity contribution in [2.45, 2.75) is 19.0 Å². The lowest BCUT2D eigenvalue weighted by atomic mass is 10.0. The molecular weight excluding hydrogens is 277 g/mol. The van der Waals surface area contributed by atoms with Gasteiger partial charge in [0.15, 0.2) is 5.69 Å². The molecule has 1 aromatic heterocycles. The van der Waals surface area contributed by atoms with E-state index >= 15 is 0 Å². The molecule has 0 aliphatic carbocycles. The fourth-order valence-corrected chi connectivity index (χ4v) is 1.42. The van der Waals surface area contributed by atoms with Crippen molar-refractivity contribution in [2.75, 3.05) is 7.11 Å². The number of esters is 1. The predicted molar refractivity (Wildman–Crippen MR) is 51.6 cm³/mol. The molecule has 0 fully saturated rings. The van der Waals surface area contributed by atoms with Crippen molar-refractivity contribution in [1.82, 2.24) is 4.98 Å². The molecule has 0 aliphatic rings. The number of carbonyl (C=O) groups excluding carboxylic acids is 1. The summed E-state index contributed by atoms with van der Waals surface area (Å²) in [6, 6.07) is 0. The summed E-state index contributed by atoms with van der Waals surface area (Å²) >= 11 is 0. The van der Waals surface area contributed by atoms with Gasteiger partial charge in [0, 0.05) is 5.56 Å². The number of nitrogens with zero attached hydrogens (tertiary/aromatic N) is 1. The first kappa shape index (κ1) is 15.1. The lowest BCUT2D eigenvalue weighted by Gasteiger charge is -2.15. The average molecular weight is 285 g/mol. The van der Waals surface area contributed by atoms with Crippen molar-refractivity contribution in [3.8, 4) is 5.75 Å². The lowest BCUT2D eigenvalue weighted by molar-refractivity contribution is -0.144. The first-order chi connectivity index (χ1) is 8.68. The summed E-state index contributed by atoms with van der Waals surface area (Å²) < 4.78 is 67.3. The summed E-state index contributed by atoms with van der Waals surface area (Å²) in [5, 5.41) is 9.30. The number of methoxy groups -OCH3 is 1. The molecule has 0 radical (unpaired) electrons. The largest absolute Gasteiger partial charge is 0.506 e. The van der Waals surface area contributed by atoms with Gasteiger partial charge in [-0.15, -0.1) is 0 Å². The molecule has 0 atom stereocenters. The summed E-state index contributed by atoms with van der Waals surface area (Å²) in [6.45, 7) is 0. The minimum Gasteiger partial charge on any atom is -0.506 e. The van der Waals surface area contributed by atoms with Crippen LogP contribution in [0.25, 0.3) is 0 Å². The van der Waals surface area contributed by atoms with Crippen molar-refractivity contribution < 1.29 is 36.6 Å². The van der Waals surface area contributed by atoms with Crippen molar-refractivity contribution in [3.63, 3.8) is 0 Å². The van der Waals surface area contributed by atoms with Crippen LogP contribution < -0.4 is 0 Å². The standard InChI is InChI=1S/C10H8F5NO3/c1-19-6(18)2-4-5(17)3-16-8(10(13,14)15)7(4)9(11)12/h3,9,17H,2H2,1H3. The Kier molecular flexibility index (Phi) is 4.28. The Morgan fingerprint density at radius 3 is 2.47 bits per heavy atom. The molecule has 1 aromatic rings. The molecule has 0 saturated heterocycles. The smallest absolute Gasteiger partial charge is 0.433 e. The highest BCUT2D eigenvalue weighted by Crippen LogP contribution is 2.39. The molecule has 0 spiro atoms. The van der Waals surface area contributed by atoms with Crippen molar-refractivity contribution >= 4 is 5.97 Å². The molecule has 1 N–H and O–H groups in total. The zero-order chi connectivity index (χ0) is 14.8. The van der Waals surface area contributed by atoms with E-state index in [0.29, 0.717) is 6.20 Å². The topological polar surface area (TPSA) is 59.4 Å². The number of halogens is 5. The number of rotatable bonds is 3. The maximum atomic E-state index is 12.7. The van der Waals surface area contributed by atoms with Crippen LogP contribution in [0.1, 0.15) is 23.2 Å². The Balaban J connectivity index is 3.46. The van der Waals surface area contributed by atoms with Crippen molar-refractivity contribution in [2.24, 2.45) is 0 Å². The monoisotopic (exact) mass is 285 g/mol. The van der Waals surface area contributed by atoms with Crippen molar-refractivity contribution in [1.29, 1.82) is 0 Å². The minimum absolute atomic E-state index is 0.368. The van der Waals surface area contributed by atoms with Gasteiger partial charge < -0.3 is 9.84 Å². The van der Waals surface area contributed by atoms with Gasteiger partial charge in [-0.05, 0) is 0 Å². The summed E-state index contributed by atoms with van der Waals surface area (Å²) in [6.07, 6.45) is -9.21. The quantitative estimate of drug-likeness (QED) is 0.684. The predicted octanol–water partition coefficient (Wildman–Crippen LogP) is 2.46. The Hall–Kier alpha value is -1.93. The number of hydrogen-bond donors (Lipinski definition) is 1. The van der Waals surface area contributed by atoms with E-state index in [4.69, 9.17) is 0 Å². The van der Waals surface area contributed by atoms with Gasteiger partial charge >= 0.3 is 12.1 Å². The van der Waals surface area contributed by atoms with Crippen LogP contribution in [0.15, 0.2) is 6.20 Å². The molecule has 9 heteroatoms. The van der Waals surface area contributed by atoms with Gasteiger partial charge in [-0.2, -0.15) is 13.2 Å². The third kappa shape index (κ3) is 3.30. The second-order valence-electron chi connectivity index (χ2n) is 3.44. The van der Waals surface area contributed by atoms with Gasteiger partial charge in [-0.3, -0.25) is 4.79 Å². The Morgan fingerprint density at radius 2 is 2.05 bits per heavy atom. The fourth-order valence-electron chi connectivity index (χ4n) is 1.42. The number of aromatic nitrogens is 1. The molecule has 0 saturated carbocycles. The van der Waals surface area contributed by atoms with Gasteiger partial charge in [0.2, 0.25) is 0 Å². The zero-order valence-corrected chi connectivity index (χ0v) is 9.46. The Labute approximate surface area is 103 Å². The Morgan fingerprint density at radius 1 is 1.47 bits per heavy atom. The van der Waals surface area contributed by atoms with Gasteiger partial charge in [-0.25, -0.2) is 13.8 Å². The molecule has 0 amide bonds. The number of carbonyl (C=O) groups is 1. The average Bonchev–Trinajstić information content (AvgIpc) is 2.29. The molecule has 0 aromatic carbocycles. The number of alkyl halides is 5. The van der Waals surface area contributed by atoms with E-state index in [1.54, 1.807) is 0 Å². The second kappa shape index (κ2) is 5.37. The minimum atomic E-state index is -5.12. The van der Waals surface area contributed by atoms with E-state index < -0.39 is 47.6 Å². The molecule has 1 heterocycles. The molecule has 19 heavy (non-hydrogen) atoms. The van der Waals surface area contributed by atoms with Gasteiger partial charge in [0.1, 0.15) is 5.75 Å². The highest BCUT2D eigenvalue weighted by molar-refractivity contribution is 5.74. The van der Waals surface area contributed by atoms with E-state index in [1.807, 2.05) is 0 Å². The summed E-state index contributed by atoms with van der Waals surface area (Å²) in [5.74, 6) is -1.98. The fraction of sp³-hybridized carbons (Fsp3) is 0.400. The molecule has 1 rings (SSSR count). The zero-order valence-electron chi connectivity index (χ0n) is 9.46. The number of pyridine rings is 1. The Bertz CT molecular complexity index is 487. The van der Waals surface area contributed by atoms with Gasteiger partial charge in [0.05, 0.1) is 25.3 Å². The van der Waals surface area contributed by atoms with E-state index in [9.17, 15) is 31.9 Å². The summed E-state index contributed by atoms with van der Waals surface area (Å²) in [4.78, 5) is 13.7. The van der Waals surface area contributed by atoms with Crippen molar-refractivity contribution in [3.05, 3.63) is 23.0 Å². The maximum Gasteiger partial charge on any atom is 0.433 e. The highest BCUT2D eigenvalue weighted by Gasteiger charge is 2.40. The summed E-state index contributed by atoms with van der Waals surface area (Å²) in [5.41, 5.74) is -4.19. The van der Waals surface area contributed by atoms with Gasteiger partial charge in [0.25, 0.3) is 6.43 Å². The third-order valence-corrected chi connectivity index (χ3v) is 2.24. The van der Waals surface area contributed by atoms with Crippen LogP contribution in [0.3, 0.4) is 0 Å². The second-order valence-corrected chi connectivity index (χ2v) is 3.44. The molecule has 0 unspecified atom stereocenters. The molecule has 4 nitrogen and oxygen atoms in total. The van der Waals surface area contributed by atoms with E-state index in [-0.39, 0.29) is 0 Å². The van der Waals surface area contributed by atoms with Crippen LogP contribution in [0.5, 0.6) is 5.75 Å².